The predicted molar refractivity (Wildman–Crippen MR) is 89.7 cm³/mol. The lowest BCUT2D eigenvalue weighted by Gasteiger charge is -2.28. The van der Waals surface area contributed by atoms with Gasteiger partial charge in [-0.25, -0.2) is 4.79 Å². The van der Waals surface area contributed by atoms with Gasteiger partial charge >= 0.3 is 6.03 Å². The van der Waals surface area contributed by atoms with E-state index < -0.39 is 22.8 Å². The molecule has 1 aliphatic heterocycles. The van der Waals surface area contributed by atoms with Crippen LogP contribution in [0.2, 0.25) is 0 Å². The van der Waals surface area contributed by atoms with Crippen LogP contribution in [0, 0.1) is 10.1 Å². The van der Waals surface area contributed by atoms with Crippen molar-refractivity contribution in [3.63, 3.8) is 0 Å². The molecular weight excluding hydrogens is 346 g/mol. The number of ether oxygens (including phenoxy) is 2. The number of nitro groups is 1. The highest BCUT2D eigenvalue weighted by Crippen LogP contribution is 2.36. The summed E-state index contributed by atoms with van der Waals surface area (Å²) < 4.78 is 10.5. The molecule has 10 nitrogen and oxygen atoms in total. The number of benzene rings is 1. The summed E-state index contributed by atoms with van der Waals surface area (Å²) in [5.74, 6) is -1.33. The molecule has 0 saturated carbocycles. The van der Waals surface area contributed by atoms with E-state index in [2.05, 4.69) is 0 Å². The molecule has 2 rings (SSSR count). The van der Waals surface area contributed by atoms with E-state index in [0.29, 0.717) is 0 Å². The van der Waals surface area contributed by atoms with Gasteiger partial charge in [0, 0.05) is 14.1 Å². The lowest BCUT2D eigenvalue weighted by molar-refractivity contribution is -0.385. The van der Waals surface area contributed by atoms with Crippen molar-refractivity contribution in [3.05, 3.63) is 33.4 Å². The Morgan fingerprint density at radius 1 is 1.12 bits per heavy atom. The third-order valence-electron chi connectivity index (χ3n) is 3.75. The first-order valence-electron chi connectivity index (χ1n) is 7.53. The average molecular weight is 363 g/mol. The van der Waals surface area contributed by atoms with Crippen molar-refractivity contribution in [1.82, 2.24) is 9.80 Å². The summed E-state index contributed by atoms with van der Waals surface area (Å²) in [6.45, 7) is 1.98. The van der Waals surface area contributed by atoms with Crippen molar-refractivity contribution in [3.8, 4) is 11.5 Å². The van der Waals surface area contributed by atoms with E-state index in [-0.39, 0.29) is 34.9 Å². The Labute approximate surface area is 148 Å². The van der Waals surface area contributed by atoms with Crippen LogP contribution in [0.25, 0.3) is 6.08 Å². The minimum atomic E-state index is -0.847. The fourth-order valence-corrected chi connectivity index (χ4v) is 2.40. The monoisotopic (exact) mass is 363 g/mol. The third kappa shape index (κ3) is 3.21. The highest BCUT2D eigenvalue weighted by molar-refractivity contribution is 6.30. The van der Waals surface area contributed by atoms with Gasteiger partial charge in [0.05, 0.1) is 30.3 Å². The number of imide groups is 2. The molecule has 0 aliphatic carbocycles. The zero-order valence-corrected chi connectivity index (χ0v) is 14.6. The van der Waals surface area contributed by atoms with Crippen molar-refractivity contribution >= 4 is 29.6 Å². The summed E-state index contributed by atoms with van der Waals surface area (Å²) in [4.78, 5) is 48.5. The largest absolute Gasteiger partial charge is 0.493 e. The van der Waals surface area contributed by atoms with Crippen LogP contribution in [-0.4, -0.2) is 60.4 Å². The van der Waals surface area contributed by atoms with Gasteiger partial charge in [-0.1, -0.05) is 0 Å². The molecule has 1 saturated heterocycles. The second kappa shape index (κ2) is 7.21. The zero-order valence-electron chi connectivity index (χ0n) is 14.6. The quantitative estimate of drug-likeness (QED) is 0.336. The molecule has 4 amide bonds. The number of barbiturate groups is 1. The average Bonchev–Trinajstić information content (AvgIpc) is 2.62. The normalized spacial score (nSPS) is 14.6. The van der Waals surface area contributed by atoms with Crippen molar-refractivity contribution in [1.29, 1.82) is 0 Å². The topological polar surface area (TPSA) is 119 Å². The Balaban J connectivity index is 2.65. The van der Waals surface area contributed by atoms with Crippen LogP contribution in [0.4, 0.5) is 10.5 Å². The fourth-order valence-electron chi connectivity index (χ4n) is 2.40. The fraction of sp³-hybridized carbons (Fsp3) is 0.312. The van der Waals surface area contributed by atoms with Gasteiger partial charge in [-0.2, -0.15) is 0 Å². The number of carbonyl (C=O) groups excluding carboxylic acids is 3. The predicted octanol–water partition coefficient (Wildman–Crippen LogP) is 1.44. The summed E-state index contributed by atoms with van der Waals surface area (Å²) in [7, 11) is 3.79. The Bertz CT molecular complexity index is 805. The van der Waals surface area contributed by atoms with Crippen LogP contribution in [0.1, 0.15) is 12.5 Å². The maximum absolute atomic E-state index is 12.3. The molecular formula is C16H17N3O7. The number of nitrogens with zero attached hydrogens (tertiary/aromatic N) is 3. The van der Waals surface area contributed by atoms with Gasteiger partial charge in [0.15, 0.2) is 11.5 Å². The summed E-state index contributed by atoms with van der Waals surface area (Å²) >= 11 is 0. The zero-order chi connectivity index (χ0) is 19.6. The highest BCUT2D eigenvalue weighted by atomic mass is 16.6. The number of hydrogen-bond donors (Lipinski definition) is 0. The molecule has 1 aliphatic rings. The molecule has 0 bridgehead atoms. The van der Waals surface area contributed by atoms with Gasteiger partial charge in [0.2, 0.25) is 0 Å². The first kappa shape index (κ1) is 18.9. The molecule has 1 aromatic rings. The first-order chi connectivity index (χ1) is 12.2. The number of rotatable bonds is 5. The maximum atomic E-state index is 12.3. The summed E-state index contributed by atoms with van der Waals surface area (Å²) in [6, 6.07) is 1.67. The van der Waals surface area contributed by atoms with E-state index >= 15 is 0 Å². The molecule has 0 spiro atoms. The van der Waals surface area contributed by atoms with E-state index in [1.807, 2.05) is 0 Å². The van der Waals surface area contributed by atoms with Crippen LogP contribution < -0.4 is 9.47 Å². The second-order valence-corrected chi connectivity index (χ2v) is 5.32. The summed E-state index contributed by atoms with van der Waals surface area (Å²) in [5.41, 5.74) is -0.767. The van der Waals surface area contributed by atoms with E-state index in [4.69, 9.17) is 9.47 Å². The molecule has 10 heteroatoms. The molecule has 0 atom stereocenters. The highest BCUT2D eigenvalue weighted by Gasteiger charge is 2.38. The van der Waals surface area contributed by atoms with Crippen molar-refractivity contribution in [2.75, 3.05) is 27.8 Å². The van der Waals surface area contributed by atoms with E-state index in [0.717, 1.165) is 21.9 Å². The molecule has 1 aromatic carbocycles. The van der Waals surface area contributed by atoms with Crippen LogP contribution in [0.15, 0.2) is 17.7 Å². The van der Waals surface area contributed by atoms with E-state index in [9.17, 15) is 24.5 Å². The Hall–Kier alpha value is -3.43. The summed E-state index contributed by atoms with van der Waals surface area (Å²) in [6.07, 6.45) is 1.07. The number of likely N-dealkylation sites (N-methyl/N-ethyl adjacent to an activating group) is 2. The molecule has 138 valence electrons. The molecule has 1 heterocycles. The van der Waals surface area contributed by atoms with Crippen LogP contribution in [0.3, 0.4) is 0 Å². The van der Waals surface area contributed by atoms with Gasteiger partial charge in [-0.3, -0.25) is 29.5 Å². The number of methoxy groups -OCH3 is 1. The van der Waals surface area contributed by atoms with Gasteiger partial charge in [0.25, 0.3) is 17.5 Å². The van der Waals surface area contributed by atoms with Crippen LogP contribution in [0.5, 0.6) is 11.5 Å². The van der Waals surface area contributed by atoms with Gasteiger partial charge in [-0.05, 0) is 19.1 Å². The van der Waals surface area contributed by atoms with Crippen molar-refractivity contribution in [2.45, 2.75) is 6.92 Å². The molecule has 0 aromatic heterocycles. The number of amides is 4. The molecule has 26 heavy (non-hydrogen) atoms. The van der Waals surface area contributed by atoms with Crippen LogP contribution in [-0.2, 0) is 9.59 Å². The smallest absolute Gasteiger partial charge is 0.333 e. The van der Waals surface area contributed by atoms with Gasteiger partial charge in [0.1, 0.15) is 5.57 Å². The van der Waals surface area contributed by atoms with E-state index in [1.165, 1.54) is 27.3 Å². The third-order valence-corrected chi connectivity index (χ3v) is 3.75. The second-order valence-electron chi connectivity index (χ2n) is 5.32. The van der Waals surface area contributed by atoms with Gasteiger partial charge < -0.3 is 9.47 Å². The Morgan fingerprint density at radius 2 is 1.69 bits per heavy atom. The lowest BCUT2D eigenvalue weighted by atomic mass is 10.0. The molecule has 0 unspecified atom stereocenters. The van der Waals surface area contributed by atoms with E-state index in [1.54, 1.807) is 6.92 Å². The Morgan fingerprint density at radius 3 is 2.15 bits per heavy atom. The van der Waals surface area contributed by atoms with Crippen molar-refractivity contribution in [2.24, 2.45) is 0 Å². The minimum absolute atomic E-state index is 0.0249. The summed E-state index contributed by atoms with van der Waals surface area (Å²) in [5, 5.41) is 11.4. The van der Waals surface area contributed by atoms with Crippen LogP contribution >= 0.6 is 0 Å². The number of urea groups is 1. The lowest BCUT2D eigenvalue weighted by Crippen LogP contribution is -2.52. The number of carbonyl (C=O) groups is 3. The van der Waals surface area contributed by atoms with Crippen molar-refractivity contribution < 1.29 is 28.8 Å². The number of nitro benzene ring substituents is 1. The number of hydrogen-bond acceptors (Lipinski definition) is 7. The van der Waals surface area contributed by atoms with Gasteiger partial charge in [-0.15, -0.1) is 0 Å². The molecule has 0 N–H and O–H groups in total. The SMILES string of the molecule is CCOc1cc([N+](=O)[O-])c(C=C2C(=O)N(C)C(=O)N(C)C2=O)cc1OC. The molecule has 0 radical (unpaired) electrons. The maximum Gasteiger partial charge on any atom is 0.333 e. The standard InChI is InChI=1S/C16H17N3O7/c1-5-26-13-8-11(19(23)24)9(7-12(13)25-4)6-10-14(20)17(2)16(22)18(3)15(10)21/h6-8H,5H2,1-4H3. The Kier molecular flexibility index (Phi) is 5.24. The minimum Gasteiger partial charge on any atom is -0.493 e. The molecule has 1 fully saturated rings. The first-order valence-corrected chi connectivity index (χ1v) is 7.53.